The number of nitrogens with zero attached hydrogens (tertiary/aromatic N) is 1. The van der Waals surface area contributed by atoms with E-state index in [1.54, 1.807) is 4.90 Å². The van der Waals surface area contributed by atoms with Crippen LogP contribution >= 0.6 is 0 Å². The lowest BCUT2D eigenvalue weighted by molar-refractivity contribution is -0.137. The SMILES string of the molecule is CCCCC(NC(=O)C1CCCN1C(C)=O)C(C)=O. The Morgan fingerprint density at radius 2 is 2.00 bits per heavy atom. The molecule has 1 aliphatic rings. The molecule has 5 nitrogen and oxygen atoms in total. The molecule has 0 spiro atoms. The number of carbonyl (C=O) groups excluding carboxylic acids is 3. The first-order chi connectivity index (χ1) is 8.97. The second kappa shape index (κ2) is 7.26. The van der Waals surface area contributed by atoms with Crippen LogP contribution in [0.15, 0.2) is 0 Å². The number of unbranched alkanes of at least 4 members (excludes halogenated alkanes) is 1. The number of nitrogens with one attached hydrogen (secondary N) is 1. The van der Waals surface area contributed by atoms with Crippen LogP contribution in [0.2, 0.25) is 0 Å². The number of amides is 2. The van der Waals surface area contributed by atoms with Crippen molar-refractivity contribution in [1.82, 2.24) is 10.2 Å². The fourth-order valence-electron chi connectivity index (χ4n) is 2.47. The van der Waals surface area contributed by atoms with E-state index in [1.807, 2.05) is 6.92 Å². The second-order valence-electron chi connectivity index (χ2n) is 5.18. The number of likely N-dealkylation sites (tertiary alicyclic amines) is 1. The molecule has 1 aliphatic heterocycles. The Kier molecular flexibility index (Phi) is 5.99. The van der Waals surface area contributed by atoms with Crippen molar-refractivity contribution >= 4 is 17.6 Å². The maximum absolute atomic E-state index is 12.2. The van der Waals surface area contributed by atoms with Gasteiger partial charge in [0.25, 0.3) is 0 Å². The van der Waals surface area contributed by atoms with E-state index in [4.69, 9.17) is 0 Å². The van der Waals surface area contributed by atoms with Gasteiger partial charge < -0.3 is 10.2 Å². The standard InChI is InChI=1S/C14H24N2O3/c1-4-5-7-12(10(2)17)15-14(19)13-8-6-9-16(13)11(3)18/h12-13H,4-9H2,1-3H3,(H,15,19). The second-order valence-corrected chi connectivity index (χ2v) is 5.18. The highest BCUT2D eigenvalue weighted by atomic mass is 16.2. The van der Waals surface area contributed by atoms with Crippen molar-refractivity contribution in [3.8, 4) is 0 Å². The molecule has 1 fully saturated rings. The normalized spacial score (nSPS) is 20.2. The Bertz CT molecular complexity index is 355. The summed E-state index contributed by atoms with van der Waals surface area (Å²) < 4.78 is 0. The molecule has 108 valence electrons. The summed E-state index contributed by atoms with van der Waals surface area (Å²) in [6, 6.07) is -0.817. The largest absolute Gasteiger partial charge is 0.345 e. The molecule has 1 N–H and O–H groups in total. The molecular weight excluding hydrogens is 244 g/mol. The Labute approximate surface area is 114 Å². The van der Waals surface area contributed by atoms with Crippen LogP contribution < -0.4 is 5.32 Å². The molecule has 19 heavy (non-hydrogen) atoms. The lowest BCUT2D eigenvalue weighted by atomic mass is 10.1. The zero-order chi connectivity index (χ0) is 14.4. The van der Waals surface area contributed by atoms with Gasteiger partial charge >= 0.3 is 0 Å². The summed E-state index contributed by atoms with van der Waals surface area (Å²) >= 11 is 0. The smallest absolute Gasteiger partial charge is 0.243 e. The number of rotatable bonds is 6. The van der Waals surface area contributed by atoms with E-state index in [9.17, 15) is 14.4 Å². The van der Waals surface area contributed by atoms with Crippen molar-refractivity contribution in [2.75, 3.05) is 6.54 Å². The van der Waals surface area contributed by atoms with Gasteiger partial charge in [-0.1, -0.05) is 19.8 Å². The lowest BCUT2D eigenvalue weighted by Gasteiger charge is -2.24. The van der Waals surface area contributed by atoms with Crippen LogP contribution in [-0.2, 0) is 14.4 Å². The minimum Gasteiger partial charge on any atom is -0.345 e. The summed E-state index contributed by atoms with van der Waals surface area (Å²) in [6.45, 7) is 5.66. The summed E-state index contributed by atoms with van der Waals surface area (Å²) in [5.74, 6) is -0.288. The van der Waals surface area contributed by atoms with Crippen molar-refractivity contribution < 1.29 is 14.4 Å². The van der Waals surface area contributed by atoms with Crippen LogP contribution in [0.25, 0.3) is 0 Å². The zero-order valence-electron chi connectivity index (χ0n) is 12.1. The van der Waals surface area contributed by atoms with Gasteiger partial charge in [-0.3, -0.25) is 14.4 Å². The Morgan fingerprint density at radius 3 is 2.53 bits per heavy atom. The molecule has 2 amide bonds. The molecule has 5 heteroatoms. The molecule has 1 heterocycles. The molecule has 0 aromatic carbocycles. The van der Waals surface area contributed by atoms with Crippen LogP contribution in [0.3, 0.4) is 0 Å². The predicted molar refractivity (Wildman–Crippen MR) is 72.5 cm³/mol. The summed E-state index contributed by atoms with van der Waals surface area (Å²) in [7, 11) is 0. The fraction of sp³-hybridized carbons (Fsp3) is 0.786. The number of ketones is 1. The summed E-state index contributed by atoms with van der Waals surface area (Å²) in [6.07, 6.45) is 4.10. The Hall–Kier alpha value is -1.39. The molecular formula is C14H24N2O3. The monoisotopic (exact) mass is 268 g/mol. The van der Waals surface area contributed by atoms with E-state index in [2.05, 4.69) is 5.32 Å². The third kappa shape index (κ3) is 4.33. The van der Waals surface area contributed by atoms with E-state index in [0.717, 1.165) is 19.3 Å². The maximum Gasteiger partial charge on any atom is 0.243 e. The van der Waals surface area contributed by atoms with Gasteiger partial charge in [-0.25, -0.2) is 0 Å². The fourth-order valence-corrected chi connectivity index (χ4v) is 2.47. The van der Waals surface area contributed by atoms with Gasteiger partial charge in [-0.15, -0.1) is 0 Å². The van der Waals surface area contributed by atoms with Gasteiger partial charge in [-0.2, -0.15) is 0 Å². The van der Waals surface area contributed by atoms with Crippen LogP contribution in [0.1, 0.15) is 52.9 Å². The Morgan fingerprint density at radius 1 is 1.32 bits per heavy atom. The molecule has 2 unspecified atom stereocenters. The Balaban J connectivity index is 2.60. The molecule has 0 aromatic rings. The molecule has 0 saturated carbocycles. The van der Waals surface area contributed by atoms with E-state index in [-0.39, 0.29) is 17.6 Å². The van der Waals surface area contributed by atoms with E-state index >= 15 is 0 Å². The number of hydrogen-bond acceptors (Lipinski definition) is 3. The summed E-state index contributed by atoms with van der Waals surface area (Å²) in [5.41, 5.74) is 0. The number of Topliss-reactive ketones (excluding diaryl/α,β-unsaturated/α-hetero) is 1. The number of carbonyl (C=O) groups is 3. The van der Waals surface area contributed by atoms with Gasteiger partial charge in [0.2, 0.25) is 11.8 Å². The van der Waals surface area contributed by atoms with Crippen molar-refractivity contribution in [2.45, 2.75) is 65.0 Å². The molecule has 0 aliphatic carbocycles. The topological polar surface area (TPSA) is 66.5 Å². The van der Waals surface area contributed by atoms with Gasteiger partial charge in [0.15, 0.2) is 5.78 Å². The van der Waals surface area contributed by atoms with Crippen molar-refractivity contribution in [1.29, 1.82) is 0 Å². The average molecular weight is 268 g/mol. The van der Waals surface area contributed by atoms with Crippen LogP contribution in [0.4, 0.5) is 0 Å². The molecule has 0 radical (unpaired) electrons. The number of hydrogen-bond donors (Lipinski definition) is 1. The maximum atomic E-state index is 12.2. The highest BCUT2D eigenvalue weighted by Gasteiger charge is 2.33. The van der Waals surface area contributed by atoms with Crippen LogP contribution in [0.5, 0.6) is 0 Å². The highest BCUT2D eigenvalue weighted by Crippen LogP contribution is 2.17. The van der Waals surface area contributed by atoms with Crippen molar-refractivity contribution in [3.05, 3.63) is 0 Å². The third-order valence-electron chi connectivity index (χ3n) is 3.61. The highest BCUT2D eigenvalue weighted by molar-refractivity contribution is 5.91. The minimum atomic E-state index is -0.415. The van der Waals surface area contributed by atoms with Gasteiger partial charge in [-0.05, 0) is 26.2 Å². The molecule has 0 aromatic heterocycles. The molecule has 2 atom stereocenters. The molecule has 0 bridgehead atoms. The van der Waals surface area contributed by atoms with Crippen molar-refractivity contribution in [2.24, 2.45) is 0 Å². The summed E-state index contributed by atoms with van der Waals surface area (Å²) in [4.78, 5) is 36.7. The lowest BCUT2D eigenvalue weighted by Crippen LogP contribution is -2.50. The first-order valence-corrected chi connectivity index (χ1v) is 7.05. The van der Waals surface area contributed by atoms with Crippen molar-refractivity contribution in [3.63, 3.8) is 0 Å². The van der Waals surface area contributed by atoms with E-state index < -0.39 is 12.1 Å². The van der Waals surface area contributed by atoms with Gasteiger partial charge in [0, 0.05) is 13.5 Å². The van der Waals surface area contributed by atoms with Crippen LogP contribution in [-0.4, -0.2) is 41.1 Å². The third-order valence-corrected chi connectivity index (χ3v) is 3.61. The molecule has 1 saturated heterocycles. The van der Waals surface area contributed by atoms with E-state index in [1.165, 1.54) is 13.8 Å². The zero-order valence-corrected chi connectivity index (χ0v) is 12.1. The van der Waals surface area contributed by atoms with Gasteiger partial charge in [0.1, 0.15) is 6.04 Å². The van der Waals surface area contributed by atoms with E-state index in [0.29, 0.717) is 19.4 Å². The van der Waals surface area contributed by atoms with Gasteiger partial charge in [0.05, 0.1) is 6.04 Å². The predicted octanol–water partition coefficient (Wildman–Crippen LogP) is 1.26. The first-order valence-electron chi connectivity index (χ1n) is 7.05. The van der Waals surface area contributed by atoms with Crippen LogP contribution in [0, 0.1) is 0 Å². The minimum absolute atomic E-state index is 0.0193. The average Bonchev–Trinajstić information content (AvgIpc) is 2.83. The quantitative estimate of drug-likeness (QED) is 0.788. The first kappa shape index (κ1) is 15.7. The molecule has 1 rings (SSSR count). The summed E-state index contributed by atoms with van der Waals surface area (Å²) in [5, 5.41) is 2.80.